The van der Waals surface area contributed by atoms with Crippen molar-refractivity contribution in [2.45, 2.75) is 6.10 Å². The maximum Gasteiger partial charge on any atom is 0.0913 e. The highest BCUT2D eigenvalue weighted by Crippen LogP contribution is 2.07. The first kappa shape index (κ1) is 7.18. The molecule has 0 saturated carbocycles. The van der Waals surface area contributed by atoms with E-state index in [2.05, 4.69) is 4.98 Å². The van der Waals surface area contributed by atoms with Crippen molar-refractivity contribution in [1.82, 2.24) is 4.98 Å². The highest BCUT2D eigenvalue weighted by molar-refractivity contribution is 5.12. The Hall–Kier alpha value is -0.930. The van der Waals surface area contributed by atoms with Crippen molar-refractivity contribution in [1.29, 1.82) is 0 Å². The van der Waals surface area contributed by atoms with Crippen molar-refractivity contribution in [3.8, 4) is 0 Å². The minimum Gasteiger partial charge on any atom is -0.387 e. The molecule has 0 saturated heterocycles. The molecule has 0 fully saturated rings. The van der Waals surface area contributed by atoms with Gasteiger partial charge in [-0.25, -0.2) is 0 Å². The largest absolute Gasteiger partial charge is 0.387 e. The van der Waals surface area contributed by atoms with Crippen molar-refractivity contribution in [2.24, 2.45) is 5.73 Å². The number of rotatable bonds is 2. The molecule has 10 heavy (non-hydrogen) atoms. The van der Waals surface area contributed by atoms with Gasteiger partial charge < -0.3 is 10.8 Å². The molecule has 1 rings (SSSR count). The molecule has 3 N–H and O–H groups in total. The van der Waals surface area contributed by atoms with Crippen molar-refractivity contribution in [2.75, 3.05) is 6.54 Å². The second-order valence-corrected chi connectivity index (χ2v) is 2.03. The van der Waals surface area contributed by atoms with Crippen LogP contribution in [0.15, 0.2) is 24.5 Å². The number of aliphatic hydroxyl groups excluding tert-OH is 1. The third-order valence-electron chi connectivity index (χ3n) is 1.31. The third kappa shape index (κ3) is 1.52. The summed E-state index contributed by atoms with van der Waals surface area (Å²) in [6, 6.07) is 3.50. The zero-order chi connectivity index (χ0) is 7.40. The van der Waals surface area contributed by atoms with Crippen LogP contribution in [0.25, 0.3) is 0 Å². The summed E-state index contributed by atoms with van der Waals surface area (Å²) in [5, 5.41) is 9.18. The van der Waals surface area contributed by atoms with Gasteiger partial charge in [0.15, 0.2) is 0 Å². The lowest BCUT2D eigenvalue weighted by Gasteiger charge is -2.05. The molecule has 0 aliphatic heterocycles. The van der Waals surface area contributed by atoms with Crippen LogP contribution in [0.1, 0.15) is 11.7 Å². The Bertz CT molecular complexity index is 188. The summed E-state index contributed by atoms with van der Waals surface area (Å²) in [4.78, 5) is 3.81. The van der Waals surface area contributed by atoms with Crippen LogP contribution < -0.4 is 5.73 Å². The number of aliphatic hydroxyl groups is 1. The Labute approximate surface area is 59.5 Å². The van der Waals surface area contributed by atoms with Crippen LogP contribution in [-0.4, -0.2) is 16.6 Å². The number of nitrogens with zero attached hydrogens (tertiary/aromatic N) is 1. The molecular formula is C7H10N2O. The monoisotopic (exact) mass is 138 g/mol. The Morgan fingerprint density at radius 3 is 2.60 bits per heavy atom. The molecule has 0 aromatic carbocycles. The molecule has 0 aliphatic carbocycles. The SMILES string of the molecule is NCC(O)c1ccncc1. The summed E-state index contributed by atoms with van der Waals surface area (Å²) < 4.78 is 0. The first-order chi connectivity index (χ1) is 4.84. The summed E-state index contributed by atoms with van der Waals surface area (Å²) >= 11 is 0. The highest BCUT2D eigenvalue weighted by atomic mass is 16.3. The summed E-state index contributed by atoms with van der Waals surface area (Å²) in [7, 11) is 0. The number of pyridine rings is 1. The molecule has 54 valence electrons. The molecule has 0 spiro atoms. The van der Waals surface area contributed by atoms with Gasteiger partial charge in [-0.05, 0) is 17.7 Å². The number of hydrogen-bond donors (Lipinski definition) is 2. The van der Waals surface area contributed by atoms with Gasteiger partial charge in [-0.1, -0.05) is 0 Å². The molecule has 1 atom stereocenters. The van der Waals surface area contributed by atoms with Crippen molar-refractivity contribution in [3.05, 3.63) is 30.1 Å². The van der Waals surface area contributed by atoms with E-state index >= 15 is 0 Å². The number of nitrogens with two attached hydrogens (primary N) is 1. The van der Waals surface area contributed by atoms with Crippen LogP contribution in [0, 0.1) is 0 Å². The molecule has 1 aromatic rings. The number of aromatic nitrogens is 1. The van der Waals surface area contributed by atoms with Crippen LogP contribution >= 0.6 is 0 Å². The average molecular weight is 138 g/mol. The molecule has 3 nitrogen and oxygen atoms in total. The third-order valence-corrected chi connectivity index (χ3v) is 1.31. The average Bonchev–Trinajstić information content (AvgIpc) is 2.05. The van der Waals surface area contributed by atoms with E-state index in [1.165, 1.54) is 0 Å². The standard InChI is InChI=1S/C7H10N2O/c8-5-7(10)6-1-3-9-4-2-6/h1-4,7,10H,5,8H2. The van der Waals surface area contributed by atoms with E-state index in [-0.39, 0.29) is 6.54 Å². The zero-order valence-electron chi connectivity index (χ0n) is 5.57. The van der Waals surface area contributed by atoms with E-state index in [0.29, 0.717) is 0 Å². The number of hydrogen-bond acceptors (Lipinski definition) is 3. The lowest BCUT2D eigenvalue weighted by molar-refractivity contribution is 0.186. The molecule has 1 aromatic heterocycles. The van der Waals surface area contributed by atoms with Crippen LogP contribution in [0.2, 0.25) is 0 Å². The molecule has 3 heteroatoms. The van der Waals surface area contributed by atoms with E-state index in [1.54, 1.807) is 24.5 Å². The predicted octanol–water partition coefficient (Wildman–Crippen LogP) is 0.0737. The second-order valence-electron chi connectivity index (χ2n) is 2.03. The minimum atomic E-state index is -0.553. The molecule has 1 heterocycles. The van der Waals surface area contributed by atoms with Crippen molar-refractivity contribution < 1.29 is 5.11 Å². The quantitative estimate of drug-likeness (QED) is 0.608. The normalized spacial score (nSPS) is 13.0. The fraction of sp³-hybridized carbons (Fsp3) is 0.286. The van der Waals surface area contributed by atoms with Gasteiger partial charge in [-0.2, -0.15) is 0 Å². The van der Waals surface area contributed by atoms with Crippen LogP contribution in [-0.2, 0) is 0 Å². The zero-order valence-corrected chi connectivity index (χ0v) is 5.57. The van der Waals surface area contributed by atoms with Crippen LogP contribution in [0.5, 0.6) is 0 Å². The molecular weight excluding hydrogens is 128 g/mol. The van der Waals surface area contributed by atoms with Crippen molar-refractivity contribution in [3.63, 3.8) is 0 Å². The van der Waals surface area contributed by atoms with E-state index in [4.69, 9.17) is 5.73 Å². The molecule has 0 amide bonds. The van der Waals surface area contributed by atoms with Gasteiger partial charge in [-0.3, -0.25) is 4.98 Å². The fourth-order valence-electron chi connectivity index (χ4n) is 0.722. The van der Waals surface area contributed by atoms with Gasteiger partial charge in [-0.15, -0.1) is 0 Å². The van der Waals surface area contributed by atoms with Gasteiger partial charge in [0, 0.05) is 18.9 Å². The van der Waals surface area contributed by atoms with Crippen LogP contribution in [0.3, 0.4) is 0 Å². The fourth-order valence-corrected chi connectivity index (χ4v) is 0.722. The van der Waals surface area contributed by atoms with E-state index in [0.717, 1.165) is 5.56 Å². The topological polar surface area (TPSA) is 59.1 Å². The van der Waals surface area contributed by atoms with Crippen LogP contribution in [0.4, 0.5) is 0 Å². The van der Waals surface area contributed by atoms with Gasteiger partial charge >= 0.3 is 0 Å². The Morgan fingerprint density at radius 2 is 2.10 bits per heavy atom. The van der Waals surface area contributed by atoms with E-state index in [9.17, 15) is 5.11 Å². The molecule has 1 unspecified atom stereocenters. The van der Waals surface area contributed by atoms with E-state index < -0.39 is 6.10 Å². The highest BCUT2D eigenvalue weighted by Gasteiger charge is 2.01. The van der Waals surface area contributed by atoms with E-state index in [1.807, 2.05) is 0 Å². The summed E-state index contributed by atoms with van der Waals surface area (Å²) in [6.07, 6.45) is 2.71. The summed E-state index contributed by atoms with van der Waals surface area (Å²) in [6.45, 7) is 0.254. The maximum absolute atomic E-state index is 9.18. The van der Waals surface area contributed by atoms with Crippen molar-refractivity contribution >= 4 is 0 Å². The first-order valence-corrected chi connectivity index (χ1v) is 3.12. The Kier molecular flexibility index (Phi) is 2.36. The van der Waals surface area contributed by atoms with Gasteiger partial charge in [0.25, 0.3) is 0 Å². The smallest absolute Gasteiger partial charge is 0.0913 e. The van der Waals surface area contributed by atoms with Gasteiger partial charge in [0.05, 0.1) is 6.10 Å². The second kappa shape index (κ2) is 3.29. The summed E-state index contributed by atoms with van der Waals surface area (Å²) in [5.74, 6) is 0. The lowest BCUT2D eigenvalue weighted by atomic mass is 10.1. The molecule has 0 radical (unpaired) electrons. The van der Waals surface area contributed by atoms with Gasteiger partial charge in [0.2, 0.25) is 0 Å². The first-order valence-electron chi connectivity index (χ1n) is 3.12. The lowest BCUT2D eigenvalue weighted by Crippen LogP contribution is -2.11. The van der Waals surface area contributed by atoms with Gasteiger partial charge in [0.1, 0.15) is 0 Å². The molecule has 0 aliphatic rings. The summed E-state index contributed by atoms with van der Waals surface area (Å²) in [5.41, 5.74) is 6.05. The minimum absolute atomic E-state index is 0.254. The predicted molar refractivity (Wildman–Crippen MR) is 38.3 cm³/mol. The Balaban J connectivity index is 2.75. The maximum atomic E-state index is 9.18. The Morgan fingerprint density at radius 1 is 1.50 bits per heavy atom. The molecule has 0 bridgehead atoms.